The van der Waals surface area contributed by atoms with Gasteiger partial charge in [-0.15, -0.1) is 11.3 Å². The predicted octanol–water partition coefficient (Wildman–Crippen LogP) is 3.11. The number of nitrogens with one attached hydrogen (secondary N) is 1. The molecule has 3 rings (SSSR count). The number of carbonyl (C=O) groups excluding carboxylic acids is 1. The lowest BCUT2D eigenvalue weighted by Crippen LogP contribution is -2.43. The van der Waals surface area contributed by atoms with Crippen molar-refractivity contribution < 1.29 is 26.7 Å². The van der Waals surface area contributed by atoms with Crippen molar-refractivity contribution in [2.75, 3.05) is 19.6 Å². The molecule has 0 saturated carbocycles. The van der Waals surface area contributed by atoms with Crippen LogP contribution in [0.4, 0.5) is 8.78 Å². The van der Waals surface area contributed by atoms with Crippen LogP contribution >= 0.6 is 11.3 Å². The maximum Gasteiger partial charge on any atom is 0.387 e. The number of hydrogen-bond acceptors (Lipinski definition) is 5. The van der Waals surface area contributed by atoms with Gasteiger partial charge in [-0.3, -0.25) is 4.79 Å². The molecule has 0 aliphatic carbocycles. The summed E-state index contributed by atoms with van der Waals surface area (Å²) in [7, 11) is -3.47. The third-order valence-corrected chi connectivity index (χ3v) is 8.05. The lowest BCUT2D eigenvalue weighted by Gasteiger charge is -2.30. The largest absolute Gasteiger partial charge is 0.435 e. The van der Waals surface area contributed by atoms with Gasteiger partial charge in [0.25, 0.3) is 10.0 Å². The molecule has 10 heteroatoms. The quantitative estimate of drug-likeness (QED) is 0.679. The molecule has 0 unspecified atom stereocenters. The summed E-state index contributed by atoms with van der Waals surface area (Å²) < 4.78 is 55.4. The molecule has 1 aliphatic heterocycles. The van der Waals surface area contributed by atoms with Crippen LogP contribution in [-0.2, 0) is 21.2 Å². The van der Waals surface area contributed by atoms with Crippen molar-refractivity contribution in [1.82, 2.24) is 9.62 Å². The van der Waals surface area contributed by atoms with Crippen LogP contribution in [0.3, 0.4) is 0 Å². The Labute approximate surface area is 172 Å². The lowest BCUT2D eigenvalue weighted by atomic mass is 9.97. The number of rotatable bonds is 8. The standard InChI is InChI=1S/C19H22F2N2O4S2/c20-19(21)27-16-5-3-14(4-6-16)7-10-22-18(24)15-8-11-23(12-9-15)29(25,26)17-2-1-13-28-17/h1-6,13,15,19H,7-12H2,(H,22,24). The molecule has 1 aromatic heterocycles. The molecular weight excluding hydrogens is 422 g/mol. The van der Waals surface area contributed by atoms with E-state index < -0.39 is 16.6 Å². The third-order valence-electron chi connectivity index (χ3n) is 4.78. The van der Waals surface area contributed by atoms with Gasteiger partial charge in [0.1, 0.15) is 9.96 Å². The predicted molar refractivity (Wildman–Crippen MR) is 106 cm³/mol. The number of piperidine rings is 1. The molecule has 1 aromatic carbocycles. The van der Waals surface area contributed by atoms with Crippen molar-refractivity contribution in [3.63, 3.8) is 0 Å². The van der Waals surface area contributed by atoms with E-state index in [4.69, 9.17) is 0 Å². The minimum atomic E-state index is -3.47. The van der Waals surface area contributed by atoms with Crippen LogP contribution in [0.1, 0.15) is 18.4 Å². The number of ether oxygens (including phenoxy) is 1. The van der Waals surface area contributed by atoms with E-state index in [0.29, 0.717) is 43.1 Å². The zero-order valence-corrected chi connectivity index (χ0v) is 17.2. The first kappa shape index (κ1) is 21.7. The number of hydrogen-bond donors (Lipinski definition) is 1. The van der Waals surface area contributed by atoms with Crippen LogP contribution in [0, 0.1) is 5.92 Å². The summed E-state index contributed by atoms with van der Waals surface area (Å²) in [6.45, 7) is -1.79. The van der Waals surface area contributed by atoms with Crippen LogP contribution in [0.25, 0.3) is 0 Å². The first-order valence-electron chi connectivity index (χ1n) is 9.21. The average molecular weight is 445 g/mol. The summed E-state index contributed by atoms with van der Waals surface area (Å²) in [5, 5.41) is 4.60. The summed E-state index contributed by atoms with van der Waals surface area (Å²) in [6, 6.07) is 9.58. The Balaban J connectivity index is 1.42. The molecule has 1 fully saturated rings. The highest BCUT2D eigenvalue weighted by molar-refractivity contribution is 7.91. The molecule has 0 atom stereocenters. The van der Waals surface area contributed by atoms with E-state index >= 15 is 0 Å². The summed E-state index contributed by atoms with van der Waals surface area (Å²) in [6.07, 6.45) is 1.53. The van der Waals surface area contributed by atoms with Gasteiger partial charge in [-0.05, 0) is 48.4 Å². The van der Waals surface area contributed by atoms with Gasteiger partial charge in [-0.25, -0.2) is 8.42 Å². The minimum absolute atomic E-state index is 0.0872. The van der Waals surface area contributed by atoms with E-state index in [0.717, 1.165) is 5.56 Å². The average Bonchev–Trinajstić information content (AvgIpc) is 3.25. The molecule has 0 spiro atoms. The topological polar surface area (TPSA) is 75.7 Å². The van der Waals surface area contributed by atoms with Crippen molar-refractivity contribution in [1.29, 1.82) is 0 Å². The highest BCUT2D eigenvalue weighted by atomic mass is 32.2. The molecule has 2 heterocycles. The number of sulfonamides is 1. The number of benzene rings is 1. The van der Waals surface area contributed by atoms with E-state index in [2.05, 4.69) is 10.1 Å². The molecule has 0 radical (unpaired) electrons. The monoisotopic (exact) mass is 444 g/mol. The molecule has 1 N–H and O–H groups in total. The van der Waals surface area contributed by atoms with Crippen LogP contribution in [0.2, 0.25) is 0 Å². The van der Waals surface area contributed by atoms with Gasteiger partial charge in [0.05, 0.1) is 0 Å². The van der Waals surface area contributed by atoms with Crippen molar-refractivity contribution in [3.05, 3.63) is 47.3 Å². The first-order valence-corrected chi connectivity index (χ1v) is 11.5. The third kappa shape index (κ3) is 5.74. The van der Waals surface area contributed by atoms with Gasteiger partial charge in [-0.1, -0.05) is 18.2 Å². The van der Waals surface area contributed by atoms with Crippen molar-refractivity contribution >= 4 is 27.3 Å². The SMILES string of the molecule is O=C(NCCc1ccc(OC(F)F)cc1)C1CCN(S(=O)(=O)c2cccs2)CC1. The van der Waals surface area contributed by atoms with Crippen molar-refractivity contribution in [3.8, 4) is 5.75 Å². The maximum absolute atomic E-state index is 12.5. The van der Waals surface area contributed by atoms with Crippen LogP contribution < -0.4 is 10.1 Å². The Morgan fingerprint density at radius 2 is 1.90 bits per heavy atom. The van der Waals surface area contributed by atoms with E-state index in [9.17, 15) is 22.0 Å². The Morgan fingerprint density at radius 3 is 2.48 bits per heavy atom. The second-order valence-electron chi connectivity index (χ2n) is 6.67. The fourth-order valence-electron chi connectivity index (χ4n) is 3.21. The van der Waals surface area contributed by atoms with Crippen LogP contribution in [-0.4, -0.2) is 44.9 Å². The fraction of sp³-hybridized carbons (Fsp3) is 0.421. The van der Waals surface area contributed by atoms with Gasteiger partial charge in [0.15, 0.2) is 0 Å². The molecule has 1 amide bonds. The van der Waals surface area contributed by atoms with Gasteiger partial charge >= 0.3 is 6.61 Å². The number of nitrogens with zero attached hydrogens (tertiary/aromatic N) is 1. The number of thiophene rings is 1. The lowest BCUT2D eigenvalue weighted by molar-refractivity contribution is -0.126. The molecule has 158 valence electrons. The first-order chi connectivity index (χ1) is 13.9. The Bertz CT molecular complexity index is 895. The number of halogens is 2. The molecular formula is C19H22F2N2O4S2. The van der Waals surface area contributed by atoms with Crippen molar-refractivity contribution in [2.45, 2.75) is 30.1 Å². The summed E-state index contributed by atoms with van der Waals surface area (Å²) in [5.74, 6) is -0.209. The van der Waals surface area contributed by atoms with E-state index in [1.54, 1.807) is 29.6 Å². The van der Waals surface area contributed by atoms with E-state index in [1.807, 2.05) is 0 Å². The maximum atomic E-state index is 12.5. The highest BCUT2D eigenvalue weighted by Gasteiger charge is 2.32. The highest BCUT2D eigenvalue weighted by Crippen LogP contribution is 2.26. The second-order valence-corrected chi connectivity index (χ2v) is 9.79. The zero-order chi connectivity index (χ0) is 20.9. The Hall–Kier alpha value is -2.04. The molecule has 1 aliphatic rings. The molecule has 1 saturated heterocycles. The summed E-state index contributed by atoms with van der Waals surface area (Å²) in [5.41, 5.74) is 0.892. The molecule has 2 aromatic rings. The van der Waals surface area contributed by atoms with Gasteiger partial charge in [0, 0.05) is 25.6 Å². The normalized spacial score (nSPS) is 16.1. The molecule has 0 bridgehead atoms. The molecule has 6 nitrogen and oxygen atoms in total. The Kier molecular flexibility index (Phi) is 7.20. The van der Waals surface area contributed by atoms with Crippen LogP contribution in [0.5, 0.6) is 5.75 Å². The van der Waals surface area contributed by atoms with E-state index in [-0.39, 0.29) is 17.6 Å². The minimum Gasteiger partial charge on any atom is -0.435 e. The van der Waals surface area contributed by atoms with Gasteiger partial charge in [0.2, 0.25) is 5.91 Å². The van der Waals surface area contributed by atoms with E-state index in [1.165, 1.54) is 27.8 Å². The second kappa shape index (κ2) is 9.64. The summed E-state index contributed by atoms with van der Waals surface area (Å²) >= 11 is 1.19. The number of carbonyl (C=O) groups is 1. The smallest absolute Gasteiger partial charge is 0.387 e. The van der Waals surface area contributed by atoms with Gasteiger partial charge < -0.3 is 10.1 Å². The summed E-state index contributed by atoms with van der Waals surface area (Å²) in [4.78, 5) is 12.4. The number of alkyl halides is 2. The van der Waals surface area contributed by atoms with Crippen LogP contribution in [0.15, 0.2) is 46.0 Å². The zero-order valence-electron chi connectivity index (χ0n) is 15.6. The van der Waals surface area contributed by atoms with Gasteiger partial charge in [-0.2, -0.15) is 13.1 Å². The number of amides is 1. The van der Waals surface area contributed by atoms with Crippen molar-refractivity contribution in [2.24, 2.45) is 5.92 Å². The molecule has 29 heavy (non-hydrogen) atoms. The fourth-order valence-corrected chi connectivity index (χ4v) is 5.82. The Morgan fingerprint density at radius 1 is 1.21 bits per heavy atom.